The van der Waals surface area contributed by atoms with Gasteiger partial charge in [0.25, 0.3) is 0 Å². The Balaban J connectivity index is 1.79. The van der Waals surface area contributed by atoms with E-state index in [-0.39, 0.29) is 12.3 Å². The summed E-state index contributed by atoms with van der Waals surface area (Å²) in [5, 5.41) is 6.56. The van der Waals surface area contributed by atoms with Gasteiger partial charge in [0, 0.05) is 19.1 Å². The maximum absolute atomic E-state index is 12.1. The van der Waals surface area contributed by atoms with Crippen molar-refractivity contribution in [3.05, 3.63) is 35.9 Å². The predicted octanol–water partition coefficient (Wildman–Crippen LogP) is 1.60. The van der Waals surface area contributed by atoms with Crippen molar-refractivity contribution < 1.29 is 8.42 Å². The lowest BCUT2D eigenvalue weighted by Gasteiger charge is -2.16. The minimum atomic E-state index is -3.33. The van der Waals surface area contributed by atoms with E-state index in [0.29, 0.717) is 18.5 Å². The van der Waals surface area contributed by atoms with Gasteiger partial charge in [-0.15, -0.1) is 0 Å². The molecule has 0 amide bonds. The van der Waals surface area contributed by atoms with Gasteiger partial charge >= 0.3 is 0 Å². The van der Waals surface area contributed by atoms with Crippen LogP contribution in [-0.2, 0) is 16.6 Å². The zero-order valence-corrected chi connectivity index (χ0v) is 15.1. The molecule has 0 aromatic heterocycles. The maximum Gasteiger partial charge on any atom is 0.213 e. The van der Waals surface area contributed by atoms with Crippen molar-refractivity contribution in [2.45, 2.75) is 45.2 Å². The second-order valence-corrected chi connectivity index (χ2v) is 7.94. The molecule has 0 atom stereocenters. The van der Waals surface area contributed by atoms with Crippen LogP contribution in [0.5, 0.6) is 0 Å². The number of sulfonamides is 1. The van der Waals surface area contributed by atoms with Gasteiger partial charge in [-0.1, -0.05) is 43.2 Å². The Kier molecular flexibility index (Phi) is 7.52. The first-order valence-corrected chi connectivity index (χ1v) is 10.3. The summed E-state index contributed by atoms with van der Waals surface area (Å²) in [5.74, 6) is 0.698. The highest BCUT2D eigenvalue weighted by atomic mass is 32.2. The largest absolute Gasteiger partial charge is 0.357 e. The summed E-state index contributed by atoms with van der Waals surface area (Å²) < 4.78 is 26.7. The quantitative estimate of drug-likeness (QED) is 0.490. The zero-order valence-electron chi connectivity index (χ0n) is 14.3. The van der Waals surface area contributed by atoms with Gasteiger partial charge in [-0.2, -0.15) is 0 Å². The Morgan fingerprint density at radius 2 is 1.92 bits per heavy atom. The first-order chi connectivity index (χ1) is 11.6. The molecule has 0 saturated heterocycles. The fourth-order valence-electron chi connectivity index (χ4n) is 2.72. The van der Waals surface area contributed by atoms with Crippen molar-refractivity contribution in [3.8, 4) is 0 Å². The number of aliphatic imine (C=N–C) groups is 1. The van der Waals surface area contributed by atoms with Crippen LogP contribution in [-0.4, -0.2) is 39.3 Å². The molecule has 134 valence electrons. The van der Waals surface area contributed by atoms with E-state index in [0.717, 1.165) is 24.9 Å². The highest BCUT2D eigenvalue weighted by Gasteiger charge is 2.16. The molecular weight excluding hydrogens is 324 g/mol. The van der Waals surface area contributed by atoms with Gasteiger partial charge in [-0.05, 0) is 25.3 Å². The number of hydrogen-bond donors (Lipinski definition) is 3. The number of nitrogens with one attached hydrogen (secondary N) is 3. The Morgan fingerprint density at radius 3 is 2.58 bits per heavy atom. The molecule has 0 radical (unpaired) electrons. The molecule has 0 heterocycles. The molecule has 0 aliphatic heterocycles. The summed E-state index contributed by atoms with van der Waals surface area (Å²) in [6.45, 7) is 3.32. The first kappa shape index (κ1) is 18.7. The van der Waals surface area contributed by atoms with Crippen molar-refractivity contribution in [2.75, 3.05) is 18.8 Å². The molecule has 2 rings (SSSR count). The molecule has 6 nitrogen and oxygen atoms in total. The topological polar surface area (TPSA) is 82.6 Å². The van der Waals surface area contributed by atoms with E-state index >= 15 is 0 Å². The number of benzene rings is 1. The van der Waals surface area contributed by atoms with E-state index in [1.807, 2.05) is 37.3 Å². The van der Waals surface area contributed by atoms with Gasteiger partial charge in [0.05, 0.1) is 12.3 Å². The minimum Gasteiger partial charge on any atom is -0.357 e. The van der Waals surface area contributed by atoms with Gasteiger partial charge < -0.3 is 10.6 Å². The zero-order chi connectivity index (χ0) is 17.3. The molecule has 3 N–H and O–H groups in total. The standard InChI is InChI=1S/C17H28N4O2S/c1-2-18-17(21-16-10-6-7-11-16)19-12-13-24(22,23)20-14-15-8-4-3-5-9-15/h3-5,8-9,16,20H,2,6-7,10-14H2,1H3,(H2,18,19,21). The van der Waals surface area contributed by atoms with Gasteiger partial charge in [0.1, 0.15) is 0 Å². The minimum absolute atomic E-state index is 0.0128. The third-order valence-corrected chi connectivity index (χ3v) is 5.31. The number of hydrogen-bond acceptors (Lipinski definition) is 3. The molecule has 0 bridgehead atoms. The van der Waals surface area contributed by atoms with Gasteiger partial charge in [-0.3, -0.25) is 4.99 Å². The smallest absolute Gasteiger partial charge is 0.213 e. The van der Waals surface area contributed by atoms with Gasteiger partial charge in [0.2, 0.25) is 10.0 Å². The average molecular weight is 353 g/mol. The second kappa shape index (κ2) is 9.64. The van der Waals surface area contributed by atoms with E-state index in [9.17, 15) is 8.42 Å². The summed E-state index contributed by atoms with van der Waals surface area (Å²) in [6, 6.07) is 9.95. The molecule has 0 unspecified atom stereocenters. The summed E-state index contributed by atoms with van der Waals surface area (Å²) >= 11 is 0. The van der Waals surface area contributed by atoms with Crippen molar-refractivity contribution in [2.24, 2.45) is 4.99 Å². The molecule has 1 saturated carbocycles. The van der Waals surface area contributed by atoms with E-state index < -0.39 is 10.0 Å². The van der Waals surface area contributed by atoms with Crippen LogP contribution in [0.1, 0.15) is 38.2 Å². The van der Waals surface area contributed by atoms with Crippen LogP contribution in [0.15, 0.2) is 35.3 Å². The predicted molar refractivity (Wildman–Crippen MR) is 98.4 cm³/mol. The molecular formula is C17H28N4O2S. The average Bonchev–Trinajstić information content (AvgIpc) is 3.07. The number of rotatable bonds is 8. The van der Waals surface area contributed by atoms with Gasteiger partial charge in [0.15, 0.2) is 5.96 Å². The summed E-state index contributed by atoms with van der Waals surface area (Å²) in [6.07, 6.45) is 4.80. The third kappa shape index (κ3) is 6.88. The lowest BCUT2D eigenvalue weighted by molar-refractivity contribution is 0.580. The monoisotopic (exact) mass is 352 g/mol. The number of nitrogens with zero attached hydrogens (tertiary/aromatic N) is 1. The van der Waals surface area contributed by atoms with Crippen molar-refractivity contribution >= 4 is 16.0 Å². The molecule has 1 aromatic carbocycles. The summed E-state index contributed by atoms with van der Waals surface area (Å²) in [5.41, 5.74) is 0.945. The lowest BCUT2D eigenvalue weighted by atomic mass is 10.2. The van der Waals surface area contributed by atoms with Gasteiger partial charge in [-0.25, -0.2) is 13.1 Å². The molecule has 1 aliphatic rings. The van der Waals surface area contributed by atoms with Crippen LogP contribution in [0.2, 0.25) is 0 Å². The molecule has 1 fully saturated rings. The molecule has 7 heteroatoms. The Bertz CT molecular complexity index is 611. The van der Waals surface area contributed by atoms with Crippen LogP contribution < -0.4 is 15.4 Å². The fourth-order valence-corrected chi connectivity index (χ4v) is 3.59. The van der Waals surface area contributed by atoms with Crippen LogP contribution in [0.25, 0.3) is 0 Å². The first-order valence-electron chi connectivity index (χ1n) is 8.65. The van der Waals surface area contributed by atoms with E-state index in [4.69, 9.17) is 0 Å². The van der Waals surface area contributed by atoms with Crippen molar-refractivity contribution in [1.82, 2.24) is 15.4 Å². The Labute approximate surface area is 145 Å². The van der Waals surface area contributed by atoms with Crippen LogP contribution in [0.3, 0.4) is 0 Å². The van der Waals surface area contributed by atoms with E-state index in [1.165, 1.54) is 12.8 Å². The summed E-state index contributed by atoms with van der Waals surface area (Å²) in [4.78, 5) is 4.39. The molecule has 24 heavy (non-hydrogen) atoms. The normalized spacial score (nSPS) is 16.3. The van der Waals surface area contributed by atoms with Crippen molar-refractivity contribution in [3.63, 3.8) is 0 Å². The molecule has 1 aromatic rings. The maximum atomic E-state index is 12.1. The molecule has 0 spiro atoms. The summed E-state index contributed by atoms with van der Waals surface area (Å²) in [7, 11) is -3.33. The Morgan fingerprint density at radius 1 is 1.21 bits per heavy atom. The number of guanidine groups is 1. The molecule has 1 aliphatic carbocycles. The highest BCUT2D eigenvalue weighted by Crippen LogP contribution is 2.17. The Hall–Kier alpha value is -1.60. The van der Waals surface area contributed by atoms with Crippen LogP contribution >= 0.6 is 0 Å². The third-order valence-electron chi connectivity index (χ3n) is 4.01. The SMILES string of the molecule is CCNC(=NCCS(=O)(=O)NCc1ccccc1)NC1CCCC1. The lowest BCUT2D eigenvalue weighted by Crippen LogP contribution is -2.42. The highest BCUT2D eigenvalue weighted by molar-refractivity contribution is 7.89. The van der Waals surface area contributed by atoms with E-state index in [2.05, 4.69) is 20.3 Å². The van der Waals surface area contributed by atoms with E-state index in [1.54, 1.807) is 0 Å². The van der Waals surface area contributed by atoms with Crippen LogP contribution in [0.4, 0.5) is 0 Å². The van der Waals surface area contributed by atoms with Crippen molar-refractivity contribution in [1.29, 1.82) is 0 Å². The van der Waals surface area contributed by atoms with Crippen LogP contribution in [0, 0.1) is 0 Å². The second-order valence-electron chi connectivity index (χ2n) is 6.01. The fraction of sp³-hybridized carbons (Fsp3) is 0.588.